The van der Waals surface area contributed by atoms with Gasteiger partial charge in [-0.15, -0.1) is 0 Å². The maximum absolute atomic E-state index is 2.79. The molecule has 2 aliphatic rings. The molecule has 0 saturated carbocycles. The Kier molecular flexibility index (Phi) is 4.69. The van der Waals surface area contributed by atoms with E-state index in [0.29, 0.717) is 5.92 Å². The summed E-state index contributed by atoms with van der Waals surface area (Å²) >= 11 is 0. The van der Waals surface area contributed by atoms with E-state index >= 15 is 0 Å². The van der Waals surface area contributed by atoms with Gasteiger partial charge in [-0.3, -0.25) is 0 Å². The van der Waals surface area contributed by atoms with Gasteiger partial charge < -0.3 is 4.90 Å². The first-order valence-corrected chi connectivity index (χ1v) is 9.02. The molecule has 0 N–H and O–H groups in total. The predicted octanol–water partition coefficient (Wildman–Crippen LogP) is 5.10. The van der Waals surface area contributed by atoms with Crippen LogP contribution in [-0.4, -0.2) is 24.0 Å². The Labute approximate surface area is 130 Å². The van der Waals surface area contributed by atoms with E-state index in [2.05, 4.69) is 43.9 Å². The maximum Gasteiger partial charge on any atom is 0.0141 e. The van der Waals surface area contributed by atoms with Crippen molar-refractivity contribution in [3.8, 4) is 0 Å². The van der Waals surface area contributed by atoms with Crippen molar-refractivity contribution < 1.29 is 0 Å². The Hall–Kier alpha value is -0.820. The van der Waals surface area contributed by atoms with Gasteiger partial charge in [0.05, 0.1) is 0 Å². The van der Waals surface area contributed by atoms with Crippen LogP contribution in [0.15, 0.2) is 18.2 Å². The molecule has 2 atom stereocenters. The molecule has 3 rings (SSSR count). The van der Waals surface area contributed by atoms with Crippen molar-refractivity contribution in [2.75, 3.05) is 13.1 Å². The van der Waals surface area contributed by atoms with E-state index in [1.54, 1.807) is 11.1 Å². The topological polar surface area (TPSA) is 3.24 Å². The van der Waals surface area contributed by atoms with Gasteiger partial charge in [0.2, 0.25) is 0 Å². The number of rotatable bonds is 2. The minimum atomic E-state index is 0.644. The van der Waals surface area contributed by atoms with Crippen LogP contribution in [0.2, 0.25) is 0 Å². The second-order valence-corrected chi connectivity index (χ2v) is 7.56. The van der Waals surface area contributed by atoms with Crippen molar-refractivity contribution in [3.63, 3.8) is 0 Å². The standard InChI is InChI=1S/C20H31N/c1-15(2)17-8-9-18-13-19(12-16(3)20(18)14-17)21-10-6-4-5-7-11-21/h8-9,14-16,19H,4-7,10-13H2,1-3H3. The summed E-state index contributed by atoms with van der Waals surface area (Å²) in [6.45, 7) is 9.70. The van der Waals surface area contributed by atoms with Crippen LogP contribution in [0, 0.1) is 0 Å². The van der Waals surface area contributed by atoms with Crippen LogP contribution in [-0.2, 0) is 6.42 Å². The minimum Gasteiger partial charge on any atom is -0.300 e. The number of likely N-dealkylation sites (tertiary alicyclic amines) is 1. The smallest absolute Gasteiger partial charge is 0.0141 e. The Bertz CT molecular complexity index is 469. The molecule has 1 heteroatoms. The molecule has 1 nitrogen and oxygen atoms in total. The van der Waals surface area contributed by atoms with Crippen molar-refractivity contribution in [1.82, 2.24) is 4.90 Å². The fraction of sp³-hybridized carbons (Fsp3) is 0.700. The predicted molar refractivity (Wildman–Crippen MR) is 91.1 cm³/mol. The van der Waals surface area contributed by atoms with Crippen molar-refractivity contribution in [3.05, 3.63) is 34.9 Å². The summed E-state index contributed by atoms with van der Waals surface area (Å²) in [7, 11) is 0. The van der Waals surface area contributed by atoms with Crippen LogP contribution in [0.5, 0.6) is 0 Å². The van der Waals surface area contributed by atoms with E-state index in [1.807, 2.05) is 0 Å². The third-order valence-electron chi connectivity index (χ3n) is 5.61. The maximum atomic E-state index is 2.79. The van der Waals surface area contributed by atoms with Crippen molar-refractivity contribution in [2.45, 2.75) is 77.2 Å². The third-order valence-corrected chi connectivity index (χ3v) is 5.61. The molecule has 0 spiro atoms. The summed E-state index contributed by atoms with van der Waals surface area (Å²) in [6.07, 6.45) is 8.32. The number of hydrogen-bond donors (Lipinski definition) is 0. The Balaban J connectivity index is 1.78. The zero-order valence-electron chi connectivity index (χ0n) is 14.1. The van der Waals surface area contributed by atoms with Crippen LogP contribution < -0.4 is 0 Å². The number of fused-ring (bicyclic) bond motifs is 1. The molecule has 0 bridgehead atoms. The zero-order valence-corrected chi connectivity index (χ0v) is 14.1. The van der Waals surface area contributed by atoms with Crippen LogP contribution in [0.25, 0.3) is 0 Å². The van der Waals surface area contributed by atoms with Gasteiger partial charge in [0.15, 0.2) is 0 Å². The van der Waals surface area contributed by atoms with E-state index < -0.39 is 0 Å². The van der Waals surface area contributed by atoms with Gasteiger partial charge in [-0.1, -0.05) is 51.8 Å². The van der Waals surface area contributed by atoms with E-state index in [1.165, 1.54) is 57.2 Å². The van der Waals surface area contributed by atoms with E-state index in [4.69, 9.17) is 0 Å². The summed E-state index contributed by atoms with van der Waals surface area (Å²) in [5, 5.41) is 0. The van der Waals surface area contributed by atoms with E-state index in [0.717, 1.165) is 12.0 Å². The molecule has 21 heavy (non-hydrogen) atoms. The van der Waals surface area contributed by atoms with E-state index in [-0.39, 0.29) is 0 Å². The molecule has 0 aromatic heterocycles. The lowest BCUT2D eigenvalue weighted by Crippen LogP contribution is -2.40. The van der Waals surface area contributed by atoms with Gasteiger partial charge in [-0.25, -0.2) is 0 Å². The lowest BCUT2D eigenvalue weighted by atomic mass is 9.79. The molecule has 2 unspecified atom stereocenters. The molecule has 1 aliphatic carbocycles. The molecule has 1 aromatic rings. The van der Waals surface area contributed by atoms with Crippen LogP contribution in [0.1, 0.15) is 81.4 Å². The summed E-state index contributed by atoms with van der Waals surface area (Å²) in [5.41, 5.74) is 4.76. The molecule has 1 fully saturated rings. The number of benzene rings is 1. The van der Waals surface area contributed by atoms with Gasteiger partial charge in [0, 0.05) is 6.04 Å². The first-order valence-electron chi connectivity index (χ1n) is 9.02. The van der Waals surface area contributed by atoms with Gasteiger partial charge >= 0.3 is 0 Å². The lowest BCUT2D eigenvalue weighted by molar-refractivity contribution is 0.178. The van der Waals surface area contributed by atoms with Crippen molar-refractivity contribution >= 4 is 0 Å². The Morgan fingerprint density at radius 2 is 1.76 bits per heavy atom. The quantitative estimate of drug-likeness (QED) is 0.730. The van der Waals surface area contributed by atoms with Gasteiger partial charge in [0.1, 0.15) is 0 Å². The highest BCUT2D eigenvalue weighted by Gasteiger charge is 2.28. The van der Waals surface area contributed by atoms with Crippen molar-refractivity contribution in [2.24, 2.45) is 0 Å². The molecule has 1 aromatic carbocycles. The summed E-state index contributed by atoms with van der Waals surface area (Å²) in [6, 6.07) is 8.06. The highest BCUT2D eigenvalue weighted by Crippen LogP contribution is 2.35. The highest BCUT2D eigenvalue weighted by molar-refractivity contribution is 5.38. The lowest BCUT2D eigenvalue weighted by Gasteiger charge is -2.37. The Morgan fingerprint density at radius 1 is 1.05 bits per heavy atom. The molecule has 1 heterocycles. The monoisotopic (exact) mass is 285 g/mol. The van der Waals surface area contributed by atoms with Gasteiger partial charge in [-0.05, 0) is 67.3 Å². The fourth-order valence-electron chi connectivity index (χ4n) is 4.23. The normalized spacial score (nSPS) is 27.4. The van der Waals surface area contributed by atoms with Crippen molar-refractivity contribution in [1.29, 1.82) is 0 Å². The summed E-state index contributed by atoms with van der Waals surface area (Å²) in [5.74, 6) is 1.37. The minimum absolute atomic E-state index is 0.644. The van der Waals surface area contributed by atoms with Gasteiger partial charge in [0.25, 0.3) is 0 Å². The first kappa shape index (κ1) is 15.1. The first-order chi connectivity index (χ1) is 10.1. The SMILES string of the molecule is CC(C)c1ccc2c(c1)C(C)CC(N1CCCCCC1)C2. The zero-order chi connectivity index (χ0) is 14.8. The largest absolute Gasteiger partial charge is 0.300 e. The Morgan fingerprint density at radius 3 is 2.43 bits per heavy atom. The number of hydrogen-bond acceptors (Lipinski definition) is 1. The molecule has 1 saturated heterocycles. The van der Waals surface area contributed by atoms with Gasteiger partial charge in [-0.2, -0.15) is 0 Å². The van der Waals surface area contributed by atoms with Crippen LogP contribution in [0.4, 0.5) is 0 Å². The number of nitrogens with zero attached hydrogens (tertiary/aromatic N) is 1. The average Bonchev–Trinajstić information content (AvgIpc) is 2.75. The highest BCUT2D eigenvalue weighted by atomic mass is 15.2. The molecule has 0 radical (unpaired) electrons. The molecular formula is C20H31N. The molecule has 0 amide bonds. The third kappa shape index (κ3) is 3.34. The second kappa shape index (κ2) is 6.52. The van der Waals surface area contributed by atoms with Crippen LogP contribution >= 0.6 is 0 Å². The summed E-state index contributed by atoms with van der Waals surface area (Å²) < 4.78 is 0. The average molecular weight is 285 g/mol. The molecular weight excluding hydrogens is 254 g/mol. The fourth-order valence-corrected chi connectivity index (χ4v) is 4.23. The molecule has 1 aliphatic heterocycles. The van der Waals surface area contributed by atoms with Crippen LogP contribution in [0.3, 0.4) is 0 Å². The molecule has 116 valence electrons. The second-order valence-electron chi connectivity index (χ2n) is 7.56. The summed E-state index contributed by atoms with van der Waals surface area (Å²) in [4.78, 5) is 2.79. The van der Waals surface area contributed by atoms with E-state index in [9.17, 15) is 0 Å².